The number of halogens is 3. The SMILES string of the molecule is CC(=O)c1nn(CC(=O)N2C[C@H](F)C[C@H]2C(=O)Nc2ccc(F)c(Br)c2)c2ccc(-c3cnc(C)nc3)cc12. The van der Waals surface area contributed by atoms with E-state index in [-0.39, 0.29) is 35.5 Å². The van der Waals surface area contributed by atoms with Crippen molar-refractivity contribution in [2.24, 2.45) is 0 Å². The minimum Gasteiger partial charge on any atom is -0.326 e. The smallest absolute Gasteiger partial charge is 0.247 e. The highest BCUT2D eigenvalue weighted by Crippen LogP contribution is 2.28. The van der Waals surface area contributed by atoms with Crippen LogP contribution in [-0.4, -0.2) is 61.0 Å². The van der Waals surface area contributed by atoms with Crippen molar-refractivity contribution in [1.82, 2.24) is 24.6 Å². The Labute approximate surface area is 230 Å². The Morgan fingerprint density at radius 1 is 1.10 bits per heavy atom. The highest BCUT2D eigenvalue weighted by atomic mass is 79.9. The number of hydrogen-bond acceptors (Lipinski definition) is 6. The number of hydrogen-bond donors (Lipinski definition) is 1. The molecule has 1 saturated heterocycles. The molecular formula is C27H23BrF2N6O3. The van der Waals surface area contributed by atoms with Crippen LogP contribution in [0.3, 0.4) is 0 Å². The fourth-order valence-electron chi connectivity index (χ4n) is 4.61. The van der Waals surface area contributed by atoms with Crippen molar-refractivity contribution in [3.63, 3.8) is 0 Å². The molecule has 0 radical (unpaired) electrons. The molecule has 1 aliphatic rings. The highest BCUT2D eigenvalue weighted by Gasteiger charge is 2.40. The van der Waals surface area contributed by atoms with Crippen LogP contribution in [0.4, 0.5) is 14.5 Å². The number of ketones is 1. The first-order valence-corrected chi connectivity index (χ1v) is 12.9. The average molecular weight is 597 g/mol. The molecule has 2 aromatic heterocycles. The quantitative estimate of drug-likeness (QED) is 0.329. The van der Waals surface area contributed by atoms with Crippen LogP contribution < -0.4 is 5.32 Å². The number of alkyl halides is 1. The summed E-state index contributed by atoms with van der Waals surface area (Å²) in [5.74, 6) is -1.25. The topological polar surface area (TPSA) is 110 Å². The number of carbonyl (C=O) groups is 3. The fraction of sp³-hybridized carbons (Fsp3) is 0.259. The van der Waals surface area contributed by atoms with E-state index >= 15 is 0 Å². The molecular weight excluding hydrogens is 574 g/mol. The largest absolute Gasteiger partial charge is 0.326 e. The molecule has 2 aromatic carbocycles. The van der Waals surface area contributed by atoms with Gasteiger partial charge in [0.2, 0.25) is 11.8 Å². The Balaban J connectivity index is 1.40. The van der Waals surface area contributed by atoms with Crippen molar-refractivity contribution in [2.75, 3.05) is 11.9 Å². The van der Waals surface area contributed by atoms with Gasteiger partial charge in [0.25, 0.3) is 0 Å². The van der Waals surface area contributed by atoms with Gasteiger partial charge in [0.05, 0.1) is 16.5 Å². The molecule has 0 saturated carbocycles. The van der Waals surface area contributed by atoms with Crippen LogP contribution in [-0.2, 0) is 16.1 Å². The zero-order chi connectivity index (χ0) is 27.8. The maximum Gasteiger partial charge on any atom is 0.247 e. The lowest BCUT2D eigenvalue weighted by Crippen LogP contribution is -2.44. The number of nitrogens with zero attached hydrogens (tertiary/aromatic N) is 5. The number of carbonyl (C=O) groups excluding carboxylic acids is 3. The van der Waals surface area contributed by atoms with E-state index in [1.165, 1.54) is 34.7 Å². The van der Waals surface area contributed by atoms with Crippen molar-refractivity contribution in [2.45, 2.75) is 39.0 Å². The van der Waals surface area contributed by atoms with Gasteiger partial charge in [-0.3, -0.25) is 19.1 Å². The lowest BCUT2D eigenvalue weighted by Gasteiger charge is -2.23. The summed E-state index contributed by atoms with van der Waals surface area (Å²) >= 11 is 3.06. The van der Waals surface area contributed by atoms with Gasteiger partial charge in [-0.15, -0.1) is 0 Å². The summed E-state index contributed by atoms with van der Waals surface area (Å²) in [6.45, 7) is 2.62. The van der Waals surface area contributed by atoms with E-state index in [1.54, 1.807) is 31.5 Å². The molecule has 1 aliphatic heterocycles. The number of Topliss-reactive ketones (excluding diaryl/α,β-unsaturated/α-hetero) is 1. The number of aromatic nitrogens is 4. The number of fused-ring (bicyclic) bond motifs is 1. The molecule has 0 unspecified atom stereocenters. The van der Waals surface area contributed by atoms with Gasteiger partial charge in [-0.25, -0.2) is 18.7 Å². The first kappa shape index (κ1) is 26.5. The summed E-state index contributed by atoms with van der Waals surface area (Å²) < 4.78 is 29.5. The number of amides is 2. The van der Waals surface area contributed by atoms with E-state index in [9.17, 15) is 23.2 Å². The average Bonchev–Trinajstić information content (AvgIpc) is 3.47. The third-order valence-corrected chi connectivity index (χ3v) is 7.15. The first-order valence-electron chi connectivity index (χ1n) is 12.1. The summed E-state index contributed by atoms with van der Waals surface area (Å²) in [6, 6.07) is 8.24. The van der Waals surface area contributed by atoms with E-state index in [2.05, 4.69) is 36.3 Å². The van der Waals surface area contributed by atoms with E-state index < -0.39 is 29.8 Å². The zero-order valence-electron chi connectivity index (χ0n) is 21.0. The van der Waals surface area contributed by atoms with Crippen molar-refractivity contribution in [3.8, 4) is 11.1 Å². The molecule has 12 heteroatoms. The molecule has 4 aromatic rings. The minimum absolute atomic E-state index is 0.160. The third-order valence-electron chi connectivity index (χ3n) is 6.54. The van der Waals surface area contributed by atoms with Gasteiger partial charge in [0, 0.05) is 42.4 Å². The van der Waals surface area contributed by atoms with E-state index in [0.29, 0.717) is 22.4 Å². The number of benzene rings is 2. The fourth-order valence-corrected chi connectivity index (χ4v) is 4.99. The van der Waals surface area contributed by atoms with Gasteiger partial charge in [0.15, 0.2) is 5.78 Å². The van der Waals surface area contributed by atoms with Crippen LogP contribution in [0.25, 0.3) is 22.0 Å². The molecule has 2 amide bonds. The van der Waals surface area contributed by atoms with E-state index in [4.69, 9.17) is 0 Å². The molecule has 9 nitrogen and oxygen atoms in total. The Hall–Kier alpha value is -4.06. The molecule has 39 heavy (non-hydrogen) atoms. The van der Waals surface area contributed by atoms with Crippen molar-refractivity contribution < 1.29 is 23.2 Å². The summed E-state index contributed by atoms with van der Waals surface area (Å²) in [5, 5.41) is 7.55. The molecule has 0 aliphatic carbocycles. The summed E-state index contributed by atoms with van der Waals surface area (Å²) in [6.07, 6.45) is 1.81. The van der Waals surface area contributed by atoms with Gasteiger partial charge in [-0.05, 0) is 58.7 Å². The summed E-state index contributed by atoms with van der Waals surface area (Å²) in [7, 11) is 0. The molecule has 1 fully saturated rings. The molecule has 3 heterocycles. The maximum atomic E-state index is 14.4. The number of anilines is 1. The van der Waals surface area contributed by atoms with Crippen LogP contribution >= 0.6 is 15.9 Å². The lowest BCUT2D eigenvalue weighted by atomic mass is 10.0. The zero-order valence-corrected chi connectivity index (χ0v) is 22.6. The first-order chi connectivity index (χ1) is 18.6. The summed E-state index contributed by atoms with van der Waals surface area (Å²) in [5.41, 5.74) is 2.57. The molecule has 2 atom stereocenters. The van der Waals surface area contributed by atoms with E-state index in [0.717, 1.165) is 11.1 Å². The molecule has 5 rings (SSSR count). The Morgan fingerprint density at radius 2 is 1.85 bits per heavy atom. The van der Waals surface area contributed by atoms with Gasteiger partial charge >= 0.3 is 0 Å². The third kappa shape index (κ3) is 5.42. The highest BCUT2D eigenvalue weighted by molar-refractivity contribution is 9.10. The Kier molecular flexibility index (Phi) is 7.21. The molecule has 0 spiro atoms. The van der Waals surface area contributed by atoms with Crippen LogP contribution in [0.2, 0.25) is 0 Å². The lowest BCUT2D eigenvalue weighted by molar-refractivity contribution is -0.137. The van der Waals surface area contributed by atoms with Crippen molar-refractivity contribution in [3.05, 3.63) is 70.6 Å². The number of likely N-dealkylation sites (tertiary alicyclic amines) is 1. The number of rotatable bonds is 6. The van der Waals surface area contributed by atoms with Gasteiger partial charge < -0.3 is 10.2 Å². The van der Waals surface area contributed by atoms with Gasteiger partial charge in [0.1, 0.15) is 36.1 Å². The van der Waals surface area contributed by atoms with Crippen LogP contribution in [0.5, 0.6) is 0 Å². The standard InChI is InChI=1S/C27H23BrF2N6O3/c1-14(37)26-20-7-16(17-10-31-15(2)32-11-17)3-6-23(20)36(34-26)13-25(38)35-12-18(29)8-24(35)27(39)33-19-4-5-22(30)21(28)9-19/h3-7,9-11,18,24H,8,12-13H2,1-2H3,(H,33,39)/t18-,24+/m1/s1. The molecule has 1 N–H and O–H groups in total. The predicted molar refractivity (Wildman–Crippen MR) is 143 cm³/mol. The second-order valence-corrected chi connectivity index (χ2v) is 10.2. The normalized spacial score (nSPS) is 17.0. The Morgan fingerprint density at radius 3 is 2.54 bits per heavy atom. The van der Waals surface area contributed by atoms with Gasteiger partial charge in [-0.1, -0.05) is 6.07 Å². The number of aryl methyl sites for hydroxylation is 1. The summed E-state index contributed by atoms with van der Waals surface area (Å²) in [4.78, 5) is 48.3. The van der Waals surface area contributed by atoms with Crippen molar-refractivity contribution >= 4 is 50.1 Å². The second-order valence-electron chi connectivity index (χ2n) is 9.33. The maximum absolute atomic E-state index is 14.4. The molecule has 200 valence electrons. The van der Waals surface area contributed by atoms with Crippen LogP contribution in [0.15, 0.2) is 53.3 Å². The second kappa shape index (κ2) is 10.6. The van der Waals surface area contributed by atoms with Crippen LogP contribution in [0.1, 0.15) is 29.7 Å². The monoisotopic (exact) mass is 596 g/mol. The predicted octanol–water partition coefficient (Wildman–Crippen LogP) is 4.48. The Bertz CT molecular complexity index is 1610. The number of nitrogens with one attached hydrogen (secondary N) is 1. The molecule has 0 bridgehead atoms. The van der Waals surface area contributed by atoms with Gasteiger partial charge in [-0.2, -0.15) is 5.10 Å². The van der Waals surface area contributed by atoms with Crippen molar-refractivity contribution in [1.29, 1.82) is 0 Å². The van der Waals surface area contributed by atoms with E-state index in [1.807, 2.05) is 6.07 Å². The minimum atomic E-state index is -1.38. The van der Waals surface area contributed by atoms with Crippen LogP contribution in [0, 0.1) is 12.7 Å².